The number of carbonyl (C=O) groups is 1. The second-order valence-electron chi connectivity index (χ2n) is 7.54. The Kier molecular flexibility index (Phi) is 7.83. The lowest BCUT2D eigenvalue weighted by Gasteiger charge is -2.19. The van der Waals surface area contributed by atoms with Gasteiger partial charge in [-0.3, -0.25) is 4.79 Å². The van der Waals surface area contributed by atoms with Crippen LogP contribution in [0, 0.1) is 0 Å². The Balaban J connectivity index is 1.74. The Morgan fingerprint density at radius 2 is 1.94 bits per heavy atom. The maximum Gasteiger partial charge on any atom is 0.242 e. The molecule has 0 radical (unpaired) electrons. The van der Waals surface area contributed by atoms with Crippen LogP contribution in [0.1, 0.15) is 29.6 Å². The first-order valence-electron chi connectivity index (χ1n) is 10.5. The number of anilines is 2. The molecule has 3 rings (SSSR count). The molecule has 0 heterocycles. The predicted octanol–water partition coefficient (Wildman–Crippen LogP) is 4.31. The van der Waals surface area contributed by atoms with Gasteiger partial charge in [0.15, 0.2) is 0 Å². The molecule has 0 spiro atoms. The number of ketones is 1. The Bertz CT molecular complexity index is 1130. The van der Waals surface area contributed by atoms with Crippen molar-refractivity contribution in [3.05, 3.63) is 102 Å². The second-order valence-corrected chi connectivity index (χ2v) is 7.54. The highest BCUT2D eigenvalue weighted by Gasteiger charge is 2.17. The Morgan fingerprint density at radius 3 is 2.58 bits per heavy atom. The van der Waals surface area contributed by atoms with Gasteiger partial charge in [-0.05, 0) is 61.2 Å². The molecule has 0 unspecified atom stereocenters. The summed E-state index contributed by atoms with van der Waals surface area (Å²) in [5.41, 5.74) is 15.3. The lowest BCUT2D eigenvalue weighted by molar-refractivity contribution is 0.103. The van der Waals surface area contributed by atoms with Gasteiger partial charge in [0.05, 0.1) is 28.9 Å². The van der Waals surface area contributed by atoms with E-state index in [1.165, 1.54) is 12.3 Å². The summed E-state index contributed by atoms with van der Waals surface area (Å²) in [5.74, 6) is 0.422. The topological polar surface area (TPSA) is 123 Å². The number of nitrogens with zero attached hydrogens (tertiary/aromatic N) is 1. The highest BCUT2D eigenvalue weighted by Crippen LogP contribution is 2.26. The van der Waals surface area contributed by atoms with Crippen LogP contribution in [-0.4, -0.2) is 23.2 Å². The lowest BCUT2D eigenvalue weighted by Crippen LogP contribution is -2.16. The smallest absolute Gasteiger partial charge is 0.242 e. The fraction of sp³-hybridized carbons (Fsp3) is 0.154. The maximum atomic E-state index is 12.7. The van der Waals surface area contributed by atoms with Crippen molar-refractivity contribution in [1.82, 2.24) is 0 Å². The molecule has 2 aromatic rings. The van der Waals surface area contributed by atoms with Crippen LogP contribution >= 0.6 is 0 Å². The normalized spacial score (nSPS) is 16.5. The maximum absolute atomic E-state index is 12.7. The quantitative estimate of drug-likeness (QED) is 0.150. The van der Waals surface area contributed by atoms with E-state index in [1.54, 1.807) is 36.4 Å². The number of rotatable bonds is 9. The number of Topliss-reactive ketones (excluding diaryl/α,β-unsaturated/α-hetero) is 1. The largest absolute Gasteiger partial charge is 0.437 e. The minimum atomic E-state index is -0.352. The van der Waals surface area contributed by atoms with Crippen molar-refractivity contribution in [3.63, 3.8) is 0 Å². The molecule has 2 aromatic carbocycles. The molecular formula is C26H28N4O3. The van der Waals surface area contributed by atoms with Gasteiger partial charge in [0.2, 0.25) is 11.7 Å². The monoisotopic (exact) mass is 444 g/mol. The number of aliphatic hydroxyl groups is 1. The zero-order valence-electron chi connectivity index (χ0n) is 18.3. The molecule has 1 atom stereocenters. The van der Waals surface area contributed by atoms with Crippen LogP contribution in [-0.2, 0) is 0 Å². The highest BCUT2D eigenvalue weighted by molar-refractivity contribution is 6.10. The molecule has 0 bridgehead atoms. The fourth-order valence-electron chi connectivity index (χ4n) is 3.26. The summed E-state index contributed by atoms with van der Waals surface area (Å²) in [4.78, 5) is 17.0. The highest BCUT2D eigenvalue weighted by atomic mass is 16.5. The van der Waals surface area contributed by atoms with Crippen LogP contribution in [0.15, 0.2) is 102 Å². The van der Waals surface area contributed by atoms with Crippen LogP contribution in [0.5, 0.6) is 5.75 Å². The van der Waals surface area contributed by atoms with E-state index in [2.05, 4.69) is 23.5 Å². The number of hydrogen-bond donors (Lipinski definition) is 4. The Hall–Kier alpha value is -4.10. The molecule has 1 aliphatic carbocycles. The number of aliphatic hydroxyl groups excluding tert-OH is 1. The summed E-state index contributed by atoms with van der Waals surface area (Å²) in [6.45, 7) is 7.46. The van der Waals surface area contributed by atoms with E-state index in [4.69, 9.17) is 16.2 Å². The molecule has 7 heteroatoms. The number of allylic oxidation sites excluding steroid dienone is 3. The van der Waals surface area contributed by atoms with Crippen molar-refractivity contribution in [2.24, 2.45) is 10.7 Å². The third-order valence-electron chi connectivity index (χ3n) is 5.11. The van der Waals surface area contributed by atoms with Gasteiger partial charge in [-0.25, -0.2) is 4.99 Å². The van der Waals surface area contributed by atoms with Crippen LogP contribution in [0.25, 0.3) is 0 Å². The molecule has 6 N–H and O–H groups in total. The Labute approximate surface area is 193 Å². The van der Waals surface area contributed by atoms with Crippen molar-refractivity contribution in [2.45, 2.75) is 25.4 Å². The van der Waals surface area contributed by atoms with Crippen molar-refractivity contribution >= 4 is 23.4 Å². The van der Waals surface area contributed by atoms with Gasteiger partial charge in [0.1, 0.15) is 5.75 Å². The third kappa shape index (κ3) is 6.21. The van der Waals surface area contributed by atoms with Crippen molar-refractivity contribution in [3.8, 4) is 5.75 Å². The minimum absolute atomic E-state index is 0.202. The third-order valence-corrected chi connectivity index (χ3v) is 5.11. The summed E-state index contributed by atoms with van der Waals surface area (Å²) in [5, 5.41) is 12.7. The average Bonchev–Trinajstić information content (AvgIpc) is 2.83. The van der Waals surface area contributed by atoms with Gasteiger partial charge in [-0.15, -0.1) is 0 Å². The number of nitrogens with two attached hydrogens (primary N) is 2. The number of carbonyl (C=O) groups excluding carboxylic acids is 1. The average molecular weight is 445 g/mol. The summed E-state index contributed by atoms with van der Waals surface area (Å²) in [6, 6.07) is 13.7. The van der Waals surface area contributed by atoms with E-state index in [9.17, 15) is 9.90 Å². The second kappa shape index (κ2) is 11.0. The van der Waals surface area contributed by atoms with E-state index in [0.717, 1.165) is 5.57 Å². The molecule has 7 nitrogen and oxygen atoms in total. The molecule has 0 aromatic heterocycles. The Morgan fingerprint density at radius 1 is 1.21 bits per heavy atom. The number of para-hydroxylation sites is 2. The van der Waals surface area contributed by atoms with Gasteiger partial charge in [-0.2, -0.15) is 0 Å². The van der Waals surface area contributed by atoms with Crippen LogP contribution < -0.4 is 21.5 Å². The SMILES string of the molecule is C=C/C=N\C(Oc1ccc(C(=O)C(=C)Nc2ccccc2N)cc1)=C(/N)C1=CC[C@H](O)CC1. The number of benzene rings is 2. The predicted molar refractivity (Wildman–Crippen MR) is 133 cm³/mol. The van der Waals surface area contributed by atoms with Gasteiger partial charge in [0, 0.05) is 11.8 Å². The summed E-state index contributed by atoms with van der Waals surface area (Å²) in [7, 11) is 0. The van der Waals surface area contributed by atoms with E-state index in [1.807, 2.05) is 18.2 Å². The van der Waals surface area contributed by atoms with Crippen LogP contribution in [0.4, 0.5) is 11.4 Å². The molecule has 170 valence electrons. The zero-order chi connectivity index (χ0) is 23.8. The standard InChI is InChI=1S/C26H28N4O3/c1-3-16-29-26(24(28)18-8-12-20(31)13-9-18)33-21-14-10-19(11-15-21)25(32)17(2)30-23-7-5-4-6-22(23)27/h3-8,10-11,14-16,20,30-31H,1-2,9,12-13,27-28H2/b26-24+,29-16-/t20-/m0/s1. The lowest BCUT2D eigenvalue weighted by atomic mass is 9.95. The summed E-state index contributed by atoms with van der Waals surface area (Å²) >= 11 is 0. The van der Waals surface area contributed by atoms with E-state index >= 15 is 0 Å². The van der Waals surface area contributed by atoms with Gasteiger partial charge in [-0.1, -0.05) is 37.4 Å². The molecular weight excluding hydrogens is 416 g/mol. The van der Waals surface area contributed by atoms with Crippen molar-refractivity contribution in [2.75, 3.05) is 11.1 Å². The molecule has 33 heavy (non-hydrogen) atoms. The molecule has 0 fully saturated rings. The van der Waals surface area contributed by atoms with Gasteiger partial charge < -0.3 is 26.6 Å². The van der Waals surface area contributed by atoms with Gasteiger partial charge in [0.25, 0.3) is 0 Å². The fourth-order valence-corrected chi connectivity index (χ4v) is 3.26. The summed E-state index contributed by atoms with van der Waals surface area (Å²) < 4.78 is 5.90. The van der Waals surface area contributed by atoms with E-state index < -0.39 is 0 Å². The first kappa shape index (κ1) is 23.6. The molecule has 0 aliphatic heterocycles. The number of ether oxygens (including phenoxy) is 1. The number of nitrogens with one attached hydrogen (secondary N) is 1. The van der Waals surface area contributed by atoms with E-state index in [-0.39, 0.29) is 23.5 Å². The molecule has 0 saturated carbocycles. The van der Waals surface area contributed by atoms with Crippen LogP contribution in [0.3, 0.4) is 0 Å². The van der Waals surface area contributed by atoms with Crippen molar-refractivity contribution in [1.29, 1.82) is 0 Å². The molecule has 0 saturated heterocycles. The minimum Gasteiger partial charge on any atom is -0.437 e. The molecule has 0 amide bonds. The first-order valence-corrected chi connectivity index (χ1v) is 10.5. The molecule has 1 aliphatic rings. The number of hydrogen-bond acceptors (Lipinski definition) is 7. The van der Waals surface area contributed by atoms with Crippen molar-refractivity contribution < 1.29 is 14.6 Å². The summed E-state index contributed by atoms with van der Waals surface area (Å²) in [6.07, 6.45) is 6.37. The van der Waals surface area contributed by atoms with Gasteiger partial charge >= 0.3 is 0 Å². The zero-order valence-corrected chi connectivity index (χ0v) is 18.3. The van der Waals surface area contributed by atoms with E-state index in [0.29, 0.717) is 47.6 Å². The van der Waals surface area contributed by atoms with Crippen LogP contribution in [0.2, 0.25) is 0 Å². The number of nitrogen functional groups attached to an aromatic ring is 1. The number of aliphatic imine (C=N–C) groups is 1. The first-order chi connectivity index (χ1) is 15.9.